The molecule has 118 valence electrons. The molecule has 0 aromatic carbocycles. The average Bonchev–Trinajstić information content (AvgIpc) is 2.77. The molecule has 2 heterocycles. The molecule has 7 nitrogen and oxygen atoms in total. The number of nitrogens with zero attached hydrogens (tertiary/aromatic N) is 1. The Balaban J connectivity index is 2.37. The summed E-state index contributed by atoms with van der Waals surface area (Å²) in [6.45, 7) is 3.36. The third-order valence-electron chi connectivity index (χ3n) is 3.43. The first kappa shape index (κ1) is 16.4. The van der Waals surface area contributed by atoms with Crippen molar-refractivity contribution in [2.45, 2.75) is 48.8 Å². The van der Waals surface area contributed by atoms with Crippen molar-refractivity contribution in [2.24, 2.45) is 0 Å². The molecule has 2 unspecified atom stereocenters. The Kier molecular flexibility index (Phi) is 5.40. The van der Waals surface area contributed by atoms with Gasteiger partial charge >= 0.3 is 128 Å². The third kappa shape index (κ3) is 3.30. The van der Waals surface area contributed by atoms with Crippen LogP contribution < -0.4 is 11.2 Å². The molecule has 0 amide bonds. The monoisotopic (exact) mass is 364 g/mol. The first-order chi connectivity index (χ1) is 9.99. The Hall–Kier alpha value is -0.921. The Bertz CT molecular complexity index is 599. The van der Waals surface area contributed by atoms with Crippen LogP contribution in [0.4, 0.5) is 0 Å². The number of hydrogen-bond donors (Lipinski definition) is 3. The Labute approximate surface area is 128 Å². The number of aromatic nitrogens is 2. The minimum absolute atomic E-state index is 0.0756. The maximum atomic E-state index is 12.0. The predicted octanol–water partition coefficient (Wildman–Crippen LogP) is -0.583. The van der Waals surface area contributed by atoms with Crippen LogP contribution in [0.15, 0.2) is 15.8 Å². The van der Waals surface area contributed by atoms with Gasteiger partial charge in [-0.05, 0) is 0 Å². The molecule has 4 atom stereocenters. The van der Waals surface area contributed by atoms with Gasteiger partial charge in [0.05, 0.1) is 0 Å². The zero-order chi connectivity index (χ0) is 15.6. The molecule has 1 saturated heterocycles. The molecular formula is C13H20N2O5Se. The molecule has 1 aromatic rings. The Morgan fingerprint density at radius 3 is 2.81 bits per heavy atom. The van der Waals surface area contributed by atoms with Crippen LogP contribution in [-0.2, 0) is 4.74 Å². The summed E-state index contributed by atoms with van der Waals surface area (Å²) in [5.41, 5.74) is -0.579. The third-order valence-corrected chi connectivity index (χ3v) is 6.66. The average molecular weight is 363 g/mol. The predicted molar refractivity (Wildman–Crippen MR) is 77.7 cm³/mol. The normalized spacial score (nSPS) is 29.0. The van der Waals surface area contributed by atoms with Crippen molar-refractivity contribution in [1.29, 1.82) is 0 Å². The molecule has 1 aromatic heterocycles. The Morgan fingerprint density at radius 2 is 2.19 bits per heavy atom. The van der Waals surface area contributed by atoms with Crippen LogP contribution in [0.1, 0.15) is 25.1 Å². The SMILES string of the molecule is CCC[Se]C1[C@@H](O)C(CO)O[C@H]1n1cc(C)c(=O)[nH]c1=O. The topological polar surface area (TPSA) is 105 Å². The molecule has 2 rings (SSSR count). The van der Waals surface area contributed by atoms with Crippen LogP contribution in [0.25, 0.3) is 0 Å². The minimum atomic E-state index is -0.800. The van der Waals surface area contributed by atoms with E-state index in [1.54, 1.807) is 6.92 Å². The fourth-order valence-corrected chi connectivity index (χ4v) is 4.90. The standard InChI is InChI=1S/C13H20N2O5Se/c1-3-4-21-10-9(17)8(6-16)20-12(10)15-5-7(2)11(18)14-13(15)19/h5,8-10,12,16-17H,3-4,6H2,1-2H3,(H,14,18,19)/t8?,9-,10?,12+/m0/s1. The number of nitrogens with one attached hydrogen (secondary N) is 1. The first-order valence-corrected chi connectivity index (χ1v) is 9.07. The van der Waals surface area contributed by atoms with Gasteiger partial charge in [0.2, 0.25) is 0 Å². The van der Waals surface area contributed by atoms with Crippen LogP contribution in [0, 0.1) is 6.92 Å². The van der Waals surface area contributed by atoms with Crippen molar-refractivity contribution in [1.82, 2.24) is 9.55 Å². The van der Waals surface area contributed by atoms with E-state index in [1.165, 1.54) is 10.8 Å². The fraction of sp³-hybridized carbons (Fsp3) is 0.692. The van der Waals surface area contributed by atoms with Gasteiger partial charge in [0.1, 0.15) is 0 Å². The number of ether oxygens (including phenoxy) is 1. The van der Waals surface area contributed by atoms with Crippen LogP contribution in [0.2, 0.25) is 10.1 Å². The van der Waals surface area contributed by atoms with E-state index >= 15 is 0 Å². The van der Waals surface area contributed by atoms with Gasteiger partial charge in [0.15, 0.2) is 0 Å². The molecule has 0 radical (unpaired) electrons. The molecule has 21 heavy (non-hydrogen) atoms. The summed E-state index contributed by atoms with van der Waals surface area (Å²) >= 11 is 0.0756. The molecule has 0 spiro atoms. The van der Waals surface area contributed by atoms with E-state index in [2.05, 4.69) is 11.9 Å². The van der Waals surface area contributed by atoms with Gasteiger partial charge in [-0.3, -0.25) is 0 Å². The molecule has 0 saturated carbocycles. The zero-order valence-corrected chi connectivity index (χ0v) is 13.7. The van der Waals surface area contributed by atoms with Gasteiger partial charge in [0, 0.05) is 0 Å². The van der Waals surface area contributed by atoms with E-state index < -0.39 is 29.7 Å². The molecule has 0 bridgehead atoms. The van der Waals surface area contributed by atoms with Crippen LogP contribution >= 0.6 is 0 Å². The van der Waals surface area contributed by atoms with E-state index in [0.29, 0.717) is 5.56 Å². The summed E-state index contributed by atoms with van der Waals surface area (Å²) in [5.74, 6) is 0. The number of aliphatic hydroxyl groups excluding tert-OH is 2. The molecular weight excluding hydrogens is 343 g/mol. The van der Waals surface area contributed by atoms with Gasteiger partial charge in [-0.2, -0.15) is 0 Å². The number of aromatic amines is 1. The zero-order valence-electron chi connectivity index (χ0n) is 12.0. The molecule has 1 fully saturated rings. The van der Waals surface area contributed by atoms with E-state index in [9.17, 15) is 19.8 Å². The summed E-state index contributed by atoms with van der Waals surface area (Å²) in [4.78, 5) is 25.5. The number of H-pyrrole nitrogens is 1. The van der Waals surface area contributed by atoms with Crippen molar-refractivity contribution >= 4 is 15.0 Å². The van der Waals surface area contributed by atoms with E-state index in [-0.39, 0.29) is 26.4 Å². The van der Waals surface area contributed by atoms with Crippen molar-refractivity contribution in [3.63, 3.8) is 0 Å². The maximum absolute atomic E-state index is 12.0. The van der Waals surface area contributed by atoms with Crippen molar-refractivity contribution < 1.29 is 14.9 Å². The van der Waals surface area contributed by atoms with Gasteiger partial charge in [-0.25, -0.2) is 0 Å². The van der Waals surface area contributed by atoms with Gasteiger partial charge < -0.3 is 0 Å². The number of rotatable bonds is 5. The number of aliphatic hydroxyl groups is 2. The fourth-order valence-electron chi connectivity index (χ4n) is 2.30. The molecule has 0 aliphatic carbocycles. The van der Waals surface area contributed by atoms with E-state index in [1.807, 2.05) is 0 Å². The van der Waals surface area contributed by atoms with Gasteiger partial charge in [-0.1, -0.05) is 0 Å². The van der Waals surface area contributed by atoms with Crippen LogP contribution in [0.3, 0.4) is 0 Å². The summed E-state index contributed by atoms with van der Waals surface area (Å²) in [5, 5.41) is 20.5. The molecule has 1 aliphatic heterocycles. The van der Waals surface area contributed by atoms with E-state index in [4.69, 9.17) is 4.74 Å². The van der Waals surface area contributed by atoms with Gasteiger partial charge in [0.25, 0.3) is 0 Å². The summed E-state index contributed by atoms with van der Waals surface area (Å²) in [6, 6.07) is 0. The number of aryl methyl sites for hydroxylation is 1. The van der Waals surface area contributed by atoms with E-state index in [0.717, 1.165) is 11.7 Å². The summed E-state index contributed by atoms with van der Waals surface area (Å²) in [6.07, 6.45) is 0.294. The molecule has 3 N–H and O–H groups in total. The molecule has 8 heteroatoms. The van der Waals surface area contributed by atoms with Crippen molar-refractivity contribution in [3.8, 4) is 0 Å². The second-order valence-corrected chi connectivity index (χ2v) is 7.75. The summed E-state index contributed by atoms with van der Waals surface area (Å²) < 4.78 is 6.97. The van der Waals surface area contributed by atoms with Crippen LogP contribution in [-0.4, -0.2) is 53.5 Å². The van der Waals surface area contributed by atoms with Crippen molar-refractivity contribution in [2.75, 3.05) is 6.61 Å². The summed E-state index contributed by atoms with van der Waals surface area (Å²) in [7, 11) is 0. The van der Waals surface area contributed by atoms with Gasteiger partial charge in [-0.15, -0.1) is 0 Å². The molecule has 1 aliphatic rings. The Morgan fingerprint density at radius 1 is 1.48 bits per heavy atom. The quantitative estimate of drug-likeness (QED) is 0.607. The second-order valence-electron chi connectivity index (χ2n) is 5.05. The van der Waals surface area contributed by atoms with Crippen LogP contribution in [0.5, 0.6) is 0 Å². The number of hydrogen-bond acceptors (Lipinski definition) is 5. The second kappa shape index (κ2) is 6.89. The first-order valence-electron chi connectivity index (χ1n) is 6.87. The van der Waals surface area contributed by atoms with Crippen molar-refractivity contribution in [3.05, 3.63) is 32.6 Å².